The highest BCUT2D eigenvalue weighted by molar-refractivity contribution is 5.98. The van der Waals surface area contributed by atoms with E-state index in [1.165, 1.54) is 11.1 Å². The van der Waals surface area contributed by atoms with Gasteiger partial charge in [-0.1, -0.05) is 12.1 Å². The Kier molecular flexibility index (Phi) is 4.32. The van der Waals surface area contributed by atoms with E-state index in [1.807, 2.05) is 6.07 Å². The molecule has 1 aliphatic carbocycles. The molecule has 1 aromatic heterocycles. The Morgan fingerprint density at radius 2 is 2.08 bits per heavy atom. The summed E-state index contributed by atoms with van der Waals surface area (Å²) in [4.78, 5) is 29.1. The van der Waals surface area contributed by atoms with Crippen molar-refractivity contribution in [3.63, 3.8) is 0 Å². The molecule has 6 heteroatoms. The number of amides is 2. The second kappa shape index (κ2) is 6.78. The molecule has 3 N–H and O–H groups in total. The lowest BCUT2D eigenvalue weighted by Crippen LogP contribution is -2.27. The molecule has 1 fully saturated rings. The first kappa shape index (κ1) is 16.6. The van der Waals surface area contributed by atoms with Crippen molar-refractivity contribution in [2.45, 2.75) is 31.7 Å². The molecule has 0 unspecified atom stereocenters. The highest BCUT2D eigenvalue weighted by atomic mass is 16.2. The Bertz CT molecular complexity index is 874. The molecule has 0 bridgehead atoms. The molecular weight excluding hydrogens is 328 g/mol. The number of fused-ring (bicyclic) bond motifs is 1. The van der Waals surface area contributed by atoms with E-state index in [9.17, 15) is 9.59 Å². The minimum Gasteiger partial charge on any atom is -0.384 e. The molecule has 0 atom stereocenters. The van der Waals surface area contributed by atoms with E-state index in [-0.39, 0.29) is 23.6 Å². The maximum absolute atomic E-state index is 12.5. The zero-order valence-electron chi connectivity index (χ0n) is 14.8. The van der Waals surface area contributed by atoms with Crippen LogP contribution in [-0.2, 0) is 12.8 Å². The third kappa shape index (κ3) is 3.40. The van der Waals surface area contributed by atoms with Crippen LogP contribution in [0.3, 0.4) is 0 Å². The zero-order valence-corrected chi connectivity index (χ0v) is 14.8. The topological polar surface area (TPSA) is 83.1 Å². The lowest BCUT2D eigenvalue weighted by molar-refractivity contribution is 0.0951. The number of aromatic nitrogens is 1. The summed E-state index contributed by atoms with van der Waals surface area (Å²) < 4.78 is 0. The van der Waals surface area contributed by atoms with Crippen LogP contribution in [0.1, 0.15) is 50.5 Å². The van der Waals surface area contributed by atoms with Gasteiger partial charge in [-0.3, -0.25) is 9.59 Å². The Balaban J connectivity index is 1.67. The Morgan fingerprint density at radius 3 is 2.85 bits per heavy atom. The normalized spacial score (nSPS) is 15.1. The van der Waals surface area contributed by atoms with E-state index in [1.54, 1.807) is 19.2 Å². The molecule has 2 aromatic rings. The van der Waals surface area contributed by atoms with Gasteiger partial charge in [0.05, 0.1) is 0 Å². The fourth-order valence-corrected chi connectivity index (χ4v) is 3.33. The minimum atomic E-state index is -0.285. The smallest absolute Gasteiger partial charge is 0.269 e. The summed E-state index contributed by atoms with van der Waals surface area (Å²) in [6.07, 6.45) is 3.62. The highest BCUT2D eigenvalue weighted by Gasteiger charge is 2.25. The van der Waals surface area contributed by atoms with Crippen molar-refractivity contribution in [2.75, 3.05) is 18.9 Å². The van der Waals surface area contributed by atoms with Crippen LogP contribution in [0.25, 0.3) is 0 Å². The number of nitrogens with one attached hydrogen (secondary N) is 3. The van der Waals surface area contributed by atoms with E-state index in [2.05, 4.69) is 33.1 Å². The SMILES string of the molecule is CNC(=O)c1cc(C(=O)NC2CC2)cc(Cc2cccc3c2CCN3)n1. The second-order valence-corrected chi connectivity index (χ2v) is 6.86. The standard InChI is InChI=1S/C20H22N4O2/c1-21-20(26)18-11-13(19(25)24-14-5-6-14)10-15(23-18)9-12-3-2-4-17-16(12)7-8-22-17/h2-4,10-11,14,22H,5-9H2,1H3,(H,21,26)(H,24,25). The summed E-state index contributed by atoms with van der Waals surface area (Å²) in [5.74, 6) is -0.423. The molecule has 1 saturated carbocycles. The molecule has 4 rings (SSSR count). The Labute approximate surface area is 152 Å². The molecular formula is C20H22N4O2. The van der Waals surface area contributed by atoms with Gasteiger partial charge in [-0.2, -0.15) is 0 Å². The number of pyridine rings is 1. The largest absolute Gasteiger partial charge is 0.384 e. The van der Waals surface area contributed by atoms with Crippen molar-refractivity contribution in [3.8, 4) is 0 Å². The summed E-state index contributed by atoms with van der Waals surface area (Å²) in [7, 11) is 1.57. The first-order valence-corrected chi connectivity index (χ1v) is 9.02. The second-order valence-electron chi connectivity index (χ2n) is 6.86. The van der Waals surface area contributed by atoms with Gasteiger partial charge in [0.15, 0.2) is 0 Å². The number of carbonyl (C=O) groups is 2. The summed E-state index contributed by atoms with van der Waals surface area (Å²) in [6.45, 7) is 0.938. The molecule has 0 spiro atoms. The van der Waals surface area contributed by atoms with E-state index in [0.717, 1.165) is 37.2 Å². The molecule has 1 aromatic carbocycles. The average Bonchev–Trinajstić information content (AvgIpc) is 3.33. The quantitative estimate of drug-likeness (QED) is 0.769. The number of benzene rings is 1. The van der Waals surface area contributed by atoms with E-state index in [4.69, 9.17) is 0 Å². The molecule has 2 aliphatic rings. The van der Waals surface area contributed by atoms with Gasteiger partial charge < -0.3 is 16.0 Å². The lowest BCUT2D eigenvalue weighted by atomic mass is 9.99. The van der Waals surface area contributed by atoms with Crippen molar-refractivity contribution in [1.29, 1.82) is 0 Å². The van der Waals surface area contributed by atoms with E-state index < -0.39 is 0 Å². The maximum Gasteiger partial charge on any atom is 0.269 e. The van der Waals surface area contributed by atoms with Gasteiger partial charge in [-0.15, -0.1) is 0 Å². The molecule has 2 heterocycles. The van der Waals surface area contributed by atoms with Crippen LogP contribution < -0.4 is 16.0 Å². The summed E-state index contributed by atoms with van der Waals surface area (Å²) >= 11 is 0. The van der Waals surface area contributed by atoms with Crippen molar-refractivity contribution < 1.29 is 9.59 Å². The minimum absolute atomic E-state index is 0.138. The molecule has 0 radical (unpaired) electrons. The van der Waals surface area contributed by atoms with Gasteiger partial charge in [0.2, 0.25) is 0 Å². The third-order valence-corrected chi connectivity index (χ3v) is 4.85. The number of carbonyl (C=O) groups excluding carboxylic acids is 2. The Morgan fingerprint density at radius 1 is 1.23 bits per heavy atom. The molecule has 134 valence electrons. The highest BCUT2D eigenvalue weighted by Crippen LogP contribution is 2.27. The van der Waals surface area contributed by atoms with Crippen LogP contribution in [0.15, 0.2) is 30.3 Å². The van der Waals surface area contributed by atoms with Crippen LogP contribution in [0.2, 0.25) is 0 Å². The van der Waals surface area contributed by atoms with Crippen molar-refractivity contribution >= 4 is 17.5 Å². The zero-order chi connectivity index (χ0) is 18.1. The summed E-state index contributed by atoms with van der Waals surface area (Å²) in [5, 5.41) is 8.94. The van der Waals surface area contributed by atoms with Crippen LogP contribution in [0, 0.1) is 0 Å². The van der Waals surface area contributed by atoms with Crippen LogP contribution in [-0.4, -0.2) is 36.4 Å². The monoisotopic (exact) mass is 350 g/mol. The van der Waals surface area contributed by atoms with Crippen molar-refractivity contribution in [3.05, 3.63) is 58.4 Å². The Hall–Kier alpha value is -2.89. The number of anilines is 1. The van der Waals surface area contributed by atoms with E-state index >= 15 is 0 Å². The number of nitrogens with zero attached hydrogens (tertiary/aromatic N) is 1. The van der Waals surface area contributed by atoms with Crippen molar-refractivity contribution in [2.24, 2.45) is 0 Å². The molecule has 26 heavy (non-hydrogen) atoms. The van der Waals surface area contributed by atoms with Gasteiger partial charge >= 0.3 is 0 Å². The fraction of sp³-hybridized carbons (Fsp3) is 0.350. The molecule has 2 amide bonds. The van der Waals surface area contributed by atoms with Crippen LogP contribution in [0.5, 0.6) is 0 Å². The summed E-state index contributed by atoms with van der Waals surface area (Å²) in [5.41, 5.74) is 5.14. The van der Waals surface area contributed by atoms with Crippen LogP contribution >= 0.6 is 0 Å². The predicted octanol–water partition coefficient (Wildman–Crippen LogP) is 1.89. The molecule has 0 saturated heterocycles. The number of hydrogen-bond acceptors (Lipinski definition) is 4. The van der Waals surface area contributed by atoms with Gasteiger partial charge in [0.1, 0.15) is 5.69 Å². The van der Waals surface area contributed by atoms with E-state index in [0.29, 0.717) is 12.0 Å². The van der Waals surface area contributed by atoms with Gasteiger partial charge in [-0.25, -0.2) is 4.98 Å². The van der Waals surface area contributed by atoms with Gasteiger partial charge in [-0.05, 0) is 48.6 Å². The molecule has 1 aliphatic heterocycles. The third-order valence-electron chi connectivity index (χ3n) is 4.85. The van der Waals surface area contributed by atoms with Crippen LogP contribution in [0.4, 0.5) is 5.69 Å². The molecule has 6 nitrogen and oxygen atoms in total. The average molecular weight is 350 g/mol. The first-order chi connectivity index (χ1) is 12.6. The number of hydrogen-bond donors (Lipinski definition) is 3. The predicted molar refractivity (Wildman–Crippen MR) is 99.6 cm³/mol. The summed E-state index contributed by atoms with van der Waals surface area (Å²) in [6, 6.07) is 9.82. The number of rotatable bonds is 5. The van der Waals surface area contributed by atoms with Gasteiger partial charge in [0.25, 0.3) is 11.8 Å². The fourth-order valence-electron chi connectivity index (χ4n) is 3.33. The maximum atomic E-state index is 12.5. The lowest BCUT2D eigenvalue weighted by Gasteiger charge is -2.11. The van der Waals surface area contributed by atoms with Gasteiger partial charge in [0, 0.05) is 43.0 Å². The van der Waals surface area contributed by atoms with Crippen molar-refractivity contribution in [1.82, 2.24) is 15.6 Å². The first-order valence-electron chi connectivity index (χ1n) is 9.02.